The number of amides is 2. The van der Waals surface area contributed by atoms with Gasteiger partial charge in [0.05, 0.1) is 4.87 Å². The molecule has 2 unspecified atom stereocenters. The monoisotopic (exact) mass is 335 g/mol. The molecule has 7 heteroatoms. The third-order valence-corrected chi connectivity index (χ3v) is 6.28. The zero-order valence-electron chi connectivity index (χ0n) is 13.0. The van der Waals surface area contributed by atoms with Crippen molar-refractivity contribution < 1.29 is 9.59 Å². The first kappa shape index (κ1) is 18.6. The number of carbonyl (C=O) groups excluding carboxylic acids is 2. The van der Waals surface area contributed by atoms with E-state index in [1.165, 1.54) is 0 Å². The minimum absolute atomic E-state index is 0. The average molecular weight is 336 g/mol. The van der Waals surface area contributed by atoms with E-state index in [9.17, 15) is 9.59 Å². The fourth-order valence-corrected chi connectivity index (χ4v) is 4.33. The lowest BCUT2D eigenvalue weighted by Crippen LogP contribution is -2.55. The van der Waals surface area contributed by atoms with Gasteiger partial charge in [-0.3, -0.25) is 9.59 Å². The van der Waals surface area contributed by atoms with Crippen LogP contribution in [0, 0.1) is 0 Å². The molecule has 2 heterocycles. The normalized spacial score (nSPS) is 28.3. The maximum atomic E-state index is 12.4. The zero-order chi connectivity index (χ0) is 15.0. The second kappa shape index (κ2) is 6.75. The van der Waals surface area contributed by atoms with Gasteiger partial charge in [-0.1, -0.05) is 13.8 Å². The van der Waals surface area contributed by atoms with Crippen LogP contribution in [0.5, 0.6) is 0 Å². The molecule has 0 bridgehead atoms. The Morgan fingerprint density at radius 2 is 2.14 bits per heavy atom. The Labute approximate surface area is 137 Å². The lowest BCUT2D eigenvalue weighted by molar-refractivity contribution is -0.138. The maximum Gasteiger partial charge on any atom is 0.243 e. The third-order valence-electron chi connectivity index (χ3n) is 4.77. The first-order chi connectivity index (χ1) is 9.35. The minimum Gasteiger partial charge on any atom is -0.352 e. The molecule has 0 spiro atoms. The summed E-state index contributed by atoms with van der Waals surface area (Å²) in [6.07, 6.45) is 3.04. The molecule has 0 saturated carbocycles. The van der Waals surface area contributed by atoms with Gasteiger partial charge in [-0.2, -0.15) is 0 Å². The molecule has 2 saturated heterocycles. The Balaban J connectivity index is 0.00000220. The largest absolute Gasteiger partial charge is 0.352 e. The van der Waals surface area contributed by atoms with Crippen molar-refractivity contribution in [2.24, 2.45) is 5.73 Å². The number of thioether (sulfide) groups is 1. The van der Waals surface area contributed by atoms with Crippen LogP contribution in [0.1, 0.15) is 46.5 Å². The summed E-state index contributed by atoms with van der Waals surface area (Å²) in [4.78, 5) is 26.0. The number of carbonyl (C=O) groups is 2. The molecule has 2 amide bonds. The van der Waals surface area contributed by atoms with E-state index >= 15 is 0 Å². The molecule has 0 aromatic carbocycles. The fraction of sp³-hybridized carbons (Fsp3) is 0.857. The summed E-state index contributed by atoms with van der Waals surface area (Å²) in [5.74, 6) is 0.722. The number of halogens is 1. The predicted octanol–water partition coefficient (Wildman–Crippen LogP) is 1.50. The van der Waals surface area contributed by atoms with E-state index in [4.69, 9.17) is 5.73 Å². The molecule has 2 fully saturated rings. The molecule has 0 aromatic heterocycles. The Morgan fingerprint density at radius 3 is 2.71 bits per heavy atom. The Hall–Kier alpha value is -0.460. The van der Waals surface area contributed by atoms with Gasteiger partial charge in [0.25, 0.3) is 0 Å². The zero-order valence-corrected chi connectivity index (χ0v) is 14.6. The van der Waals surface area contributed by atoms with Crippen molar-refractivity contribution in [1.29, 1.82) is 0 Å². The highest BCUT2D eigenvalue weighted by molar-refractivity contribution is 8.01. The van der Waals surface area contributed by atoms with E-state index in [1.807, 2.05) is 13.8 Å². The van der Waals surface area contributed by atoms with Crippen LogP contribution in [0.15, 0.2) is 0 Å². The lowest BCUT2D eigenvalue weighted by atomic mass is 9.94. The molecule has 21 heavy (non-hydrogen) atoms. The summed E-state index contributed by atoms with van der Waals surface area (Å²) in [6, 6.07) is -0.335. The molecule has 122 valence electrons. The molecule has 0 aromatic rings. The maximum absolute atomic E-state index is 12.4. The van der Waals surface area contributed by atoms with Gasteiger partial charge in [0.15, 0.2) is 0 Å². The highest BCUT2D eigenvalue weighted by Gasteiger charge is 2.52. The summed E-state index contributed by atoms with van der Waals surface area (Å²) in [7, 11) is 0. The lowest BCUT2D eigenvalue weighted by Gasteiger charge is -2.31. The summed E-state index contributed by atoms with van der Waals surface area (Å²) >= 11 is 1.71. The van der Waals surface area contributed by atoms with Crippen LogP contribution in [-0.2, 0) is 9.59 Å². The summed E-state index contributed by atoms with van der Waals surface area (Å²) in [5.41, 5.74) is 5.86. The van der Waals surface area contributed by atoms with Gasteiger partial charge >= 0.3 is 0 Å². The van der Waals surface area contributed by atoms with Crippen LogP contribution in [0.25, 0.3) is 0 Å². The standard InChI is InChI=1S/C14H25N3O2S.ClH/c1-4-14(15,5-2)9-16-12(19)10-8-20-13(3)7-6-11(18)17(10)13;/h10H,4-9,15H2,1-3H3,(H,16,19);1H. The van der Waals surface area contributed by atoms with Crippen LogP contribution < -0.4 is 11.1 Å². The number of nitrogens with two attached hydrogens (primary N) is 1. The van der Waals surface area contributed by atoms with Crippen molar-refractivity contribution in [1.82, 2.24) is 10.2 Å². The van der Waals surface area contributed by atoms with Gasteiger partial charge in [-0.05, 0) is 26.2 Å². The van der Waals surface area contributed by atoms with Gasteiger partial charge in [-0.15, -0.1) is 24.2 Å². The quantitative estimate of drug-likeness (QED) is 0.798. The van der Waals surface area contributed by atoms with Crippen LogP contribution in [0.3, 0.4) is 0 Å². The SMILES string of the molecule is CCC(N)(CC)CNC(=O)C1CSC2(C)CCC(=O)N12.Cl. The Kier molecular flexibility index (Phi) is 5.98. The minimum atomic E-state index is -0.347. The van der Waals surface area contributed by atoms with Crippen molar-refractivity contribution in [2.75, 3.05) is 12.3 Å². The van der Waals surface area contributed by atoms with E-state index in [0.29, 0.717) is 18.7 Å². The average Bonchev–Trinajstić information content (AvgIpc) is 2.93. The van der Waals surface area contributed by atoms with Gasteiger partial charge < -0.3 is 16.0 Å². The van der Waals surface area contributed by atoms with E-state index < -0.39 is 0 Å². The van der Waals surface area contributed by atoms with Crippen molar-refractivity contribution in [3.8, 4) is 0 Å². The highest BCUT2D eigenvalue weighted by Crippen LogP contribution is 2.47. The highest BCUT2D eigenvalue weighted by atomic mass is 35.5. The van der Waals surface area contributed by atoms with Gasteiger partial charge in [0.2, 0.25) is 11.8 Å². The second-order valence-electron chi connectivity index (χ2n) is 6.05. The molecular formula is C14H26ClN3O2S. The van der Waals surface area contributed by atoms with Crippen molar-refractivity contribution >= 4 is 36.0 Å². The van der Waals surface area contributed by atoms with Gasteiger partial charge in [0, 0.05) is 24.3 Å². The molecule has 3 N–H and O–H groups in total. The smallest absolute Gasteiger partial charge is 0.243 e. The topological polar surface area (TPSA) is 75.4 Å². The second-order valence-corrected chi connectivity index (χ2v) is 7.55. The molecule has 2 rings (SSSR count). The van der Waals surface area contributed by atoms with Crippen LogP contribution in [0.2, 0.25) is 0 Å². The number of fused-ring (bicyclic) bond motifs is 1. The molecule has 2 aliphatic rings. The number of nitrogens with one attached hydrogen (secondary N) is 1. The molecular weight excluding hydrogens is 310 g/mol. The van der Waals surface area contributed by atoms with Crippen LogP contribution in [0.4, 0.5) is 0 Å². The molecule has 0 radical (unpaired) electrons. The first-order valence-electron chi connectivity index (χ1n) is 7.38. The number of hydrogen-bond donors (Lipinski definition) is 2. The molecule has 0 aliphatic carbocycles. The van der Waals surface area contributed by atoms with E-state index in [1.54, 1.807) is 16.7 Å². The third kappa shape index (κ3) is 3.48. The molecule has 2 aliphatic heterocycles. The number of rotatable bonds is 5. The summed E-state index contributed by atoms with van der Waals surface area (Å²) in [5, 5.41) is 2.95. The first-order valence-corrected chi connectivity index (χ1v) is 8.36. The van der Waals surface area contributed by atoms with Crippen molar-refractivity contribution in [2.45, 2.75) is 62.9 Å². The number of hydrogen-bond acceptors (Lipinski definition) is 4. The predicted molar refractivity (Wildman–Crippen MR) is 88.5 cm³/mol. The van der Waals surface area contributed by atoms with E-state index in [2.05, 4.69) is 12.2 Å². The number of nitrogens with zero attached hydrogens (tertiary/aromatic N) is 1. The van der Waals surface area contributed by atoms with Crippen molar-refractivity contribution in [3.05, 3.63) is 0 Å². The van der Waals surface area contributed by atoms with E-state index in [-0.39, 0.29) is 40.7 Å². The van der Waals surface area contributed by atoms with Gasteiger partial charge in [0.1, 0.15) is 6.04 Å². The summed E-state index contributed by atoms with van der Waals surface area (Å²) < 4.78 is 0. The molecule has 2 atom stereocenters. The molecule has 5 nitrogen and oxygen atoms in total. The van der Waals surface area contributed by atoms with Gasteiger partial charge in [-0.25, -0.2) is 0 Å². The van der Waals surface area contributed by atoms with Crippen LogP contribution >= 0.6 is 24.2 Å². The Bertz CT molecular complexity index is 417. The summed E-state index contributed by atoms with van der Waals surface area (Å²) in [6.45, 7) is 6.59. The van der Waals surface area contributed by atoms with E-state index in [0.717, 1.165) is 19.3 Å². The van der Waals surface area contributed by atoms with Crippen LogP contribution in [-0.4, -0.2) is 45.5 Å². The fourth-order valence-electron chi connectivity index (χ4n) is 2.90. The van der Waals surface area contributed by atoms with Crippen molar-refractivity contribution in [3.63, 3.8) is 0 Å². The Morgan fingerprint density at radius 1 is 1.52 bits per heavy atom.